The second kappa shape index (κ2) is 28.8. The van der Waals surface area contributed by atoms with Gasteiger partial charge in [0.1, 0.15) is 5.75 Å². The second-order valence-electron chi connectivity index (χ2n) is 12.2. The molecule has 6 nitrogen and oxygen atoms in total. The predicted molar refractivity (Wildman–Crippen MR) is 179 cm³/mol. The first-order valence-electron chi connectivity index (χ1n) is 17.9. The molecule has 1 N–H and O–H groups in total. The standard InChI is InChI=1S/C37H65NO5/c1-3-5-7-8-15-21-32-42-36(40)26-17-11-9-13-19-28-38(30-31-39)29-20-14-10-12-18-27-37(41)43-35-25-22-24-34(33-35)23-16-6-4-2/h22,24-25,33,39H,3-21,23,26-32H2,1-2H3. The summed E-state index contributed by atoms with van der Waals surface area (Å²) in [6, 6.07) is 7.96. The van der Waals surface area contributed by atoms with Crippen molar-refractivity contribution in [1.29, 1.82) is 0 Å². The van der Waals surface area contributed by atoms with Crippen molar-refractivity contribution in [2.45, 2.75) is 155 Å². The number of ether oxygens (including phenoxy) is 2. The molecule has 0 spiro atoms. The number of carbonyl (C=O) groups is 2. The van der Waals surface area contributed by atoms with E-state index in [0.717, 1.165) is 103 Å². The number of hydrogen-bond donors (Lipinski definition) is 1. The van der Waals surface area contributed by atoms with Crippen LogP contribution >= 0.6 is 0 Å². The third-order valence-electron chi connectivity index (χ3n) is 8.09. The number of aryl methyl sites for hydroxylation is 1. The van der Waals surface area contributed by atoms with E-state index in [0.29, 0.717) is 25.2 Å². The first kappa shape index (κ1) is 39.1. The number of rotatable bonds is 30. The molecule has 1 aromatic carbocycles. The number of aliphatic hydroxyl groups excluding tert-OH is 1. The molecule has 0 aliphatic rings. The lowest BCUT2D eigenvalue weighted by Gasteiger charge is -2.21. The summed E-state index contributed by atoms with van der Waals surface area (Å²) in [6.07, 6.45) is 23.6. The summed E-state index contributed by atoms with van der Waals surface area (Å²) in [5.41, 5.74) is 1.24. The quantitative estimate of drug-likeness (QED) is 0.0537. The van der Waals surface area contributed by atoms with Gasteiger partial charge in [-0.3, -0.25) is 9.59 Å². The van der Waals surface area contributed by atoms with Crippen molar-refractivity contribution < 1.29 is 24.2 Å². The van der Waals surface area contributed by atoms with Crippen molar-refractivity contribution in [2.24, 2.45) is 0 Å². The van der Waals surface area contributed by atoms with Gasteiger partial charge in [-0.15, -0.1) is 0 Å². The van der Waals surface area contributed by atoms with Gasteiger partial charge in [-0.05, 0) is 75.7 Å². The van der Waals surface area contributed by atoms with Gasteiger partial charge in [-0.2, -0.15) is 0 Å². The SMILES string of the molecule is CCCCCCCCOC(=O)CCCCCCCN(CCO)CCCCCCCC(=O)Oc1cccc(CCCCC)c1. The molecular formula is C37H65NO5. The summed E-state index contributed by atoms with van der Waals surface area (Å²) in [5, 5.41) is 9.45. The molecule has 0 fully saturated rings. The molecule has 0 bridgehead atoms. The largest absolute Gasteiger partial charge is 0.466 e. The molecule has 0 aromatic heterocycles. The molecule has 0 saturated heterocycles. The zero-order valence-electron chi connectivity index (χ0n) is 27.9. The van der Waals surface area contributed by atoms with Crippen LogP contribution < -0.4 is 4.74 Å². The van der Waals surface area contributed by atoms with Crippen LogP contribution in [0.4, 0.5) is 0 Å². The molecule has 0 aliphatic heterocycles. The molecule has 1 aromatic rings. The average Bonchev–Trinajstić information content (AvgIpc) is 3.00. The Morgan fingerprint density at radius 1 is 0.651 bits per heavy atom. The number of benzene rings is 1. The number of hydrogen-bond acceptors (Lipinski definition) is 6. The van der Waals surface area contributed by atoms with Gasteiger partial charge in [0.15, 0.2) is 0 Å². The van der Waals surface area contributed by atoms with E-state index in [1.165, 1.54) is 50.5 Å². The van der Waals surface area contributed by atoms with E-state index >= 15 is 0 Å². The maximum Gasteiger partial charge on any atom is 0.311 e. The summed E-state index contributed by atoms with van der Waals surface area (Å²) >= 11 is 0. The summed E-state index contributed by atoms with van der Waals surface area (Å²) in [6.45, 7) is 7.97. The molecule has 0 heterocycles. The van der Waals surface area contributed by atoms with Crippen molar-refractivity contribution in [2.75, 3.05) is 32.8 Å². The Bertz CT molecular complexity index is 799. The Morgan fingerprint density at radius 3 is 1.86 bits per heavy atom. The molecule has 6 heteroatoms. The van der Waals surface area contributed by atoms with E-state index in [-0.39, 0.29) is 18.5 Å². The van der Waals surface area contributed by atoms with Crippen LogP contribution in [0.25, 0.3) is 0 Å². The van der Waals surface area contributed by atoms with Gasteiger partial charge in [-0.25, -0.2) is 0 Å². The Hall–Kier alpha value is -1.92. The van der Waals surface area contributed by atoms with Crippen LogP contribution in [0.2, 0.25) is 0 Å². The molecule has 0 atom stereocenters. The molecule has 0 radical (unpaired) electrons. The van der Waals surface area contributed by atoms with Crippen molar-refractivity contribution >= 4 is 11.9 Å². The maximum absolute atomic E-state index is 12.3. The highest BCUT2D eigenvalue weighted by Gasteiger charge is 2.08. The number of nitrogens with zero attached hydrogens (tertiary/aromatic N) is 1. The van der Waals surface area contributed by atoms with Gasteiger partial charge in [0.05, 0.1) is 13.2 Å². The minimum absolute atomic E-state index is 0.0404. The third kappa shape index (κ3) is 24.1. The number of esters is 2. The van der Waals surface area contributed by atoms with Crippen molar-refractivity contribution in [3.05, 3.63) is 29.8 Å². The highest BCUT2D eigenvalue weighted by atomic mass is 16.5. The van der Waals surface area contributed by atoms with E-state index in [9.17, 15) is 14.7 Å². The lowest BCUT2D eigenvalue weighted by atomic mass is 10.1. The smallest absolute Gasteiger partial charge is 0.311 e. The van der Waals surface area contributed by atoms with Gasteiger partial charge < -0.3 is 19.5 Å². The van der Waals surface area contributed by atoms with Gasteiger partial charge in [0, 0.05) is 19.4 Å². The summed E-state index contributed by atoms with van der Waals surface area (Å²) < 4.78 is 10.9. The van der Waals surface area contributed by atoms with Gasteiger partial charge in [-0.1, -0.05) is 109 Å². The first-order valence-corrected chi connectivity index (χ1v) is 17.9. The maximum atomic E-state index is 12.3. The van der Waals surface area contributed by atoms with Crippen LogP contribution in [0.1, 0.15) is 154 Å². The lowest BCUT2D eigenvalue weighted by Crippen LogP contribution is -2.29. The third-order valence-corrected chi connectivity index (χ3v) is 8.09. The topological polar surface area (TPSA) is 76.1 Å². The monoisotopic (exact) mass is 603 g/mol. The Balaban J connectivity index is 2.00. The van der Waals surface area contributed by atoms with Crippen molar-refractivity contribution in [1.82, 2.24) is 4.90 Å². The normalized spacial score (nSPS) is 11.3. The molecule has 1 rings (SSSR count). The van der Waals surface area contributed by atoms with E-state index in [2.05, 4.69) is 24.8 Å². The van der Waals surface area contributed by atoms with Crippen molar-refractivity contribution in [3.63, 3.8) is 0 Å². The molecule has 0 saturated carbocycles. The first-order chi connectivity index (χ1) is 21.1. The fourth-order valence-corrected chi connectivity index (χ4v) is 5.41. The van der Waals surface area contributed by atoms with Crippen LogP contribution in [0.15, 0.2) is 24.3 Å². The highest BCUT2D eigenvalue weighted by Crippen LogP contribution is 2.17. The molecule has 248 valence electrons. The number of unbranched alkanes of at least 4 members (excludes halogenated alkanes) is 15. The molecule has 43 heavy (non-hydrogen) atoms. The predicted octanol–water partition coefficient (Wildman–Crippen LogP) is 9.20. The Morgan fingerprint density at radius 2 is 1.21 bits per heavy atom. The van der Waals surface area contributed by atoms with Crippen molar-refractivity contribution in [3.8, 4) is 5.75 Å². The molecule has 0 aliphatic carbocycles. The summed E-state index contributed by atoms with van der Waals surface area (Å²) in [5.74, 6) is 0.492. The minimum atomic E-state index is -0.136. The number of aliphatic hydroxyl groups is 1. The Kier molecular flexibility index (Phi) is 26.2. The molecule has 0 amide bonds. The van der Waals surface area contributed by atoms with E-state index in [1.807, 2.05) is 18.2 Å². The highest BCUT2D eigenvalue weighted by molar-refractivity contribution is 5.72. The van der Waals surface area contributed by atoms with Crippen LogP contribution in [-0.4, -0.2) is 54.8 Å². The Labute approximate surface area is 264 Å². The fraction of sp³-hybridized carbons (Fsp3) is 0.784. The summed E-state index contributed by atoms with van der Waals surface area (Å²) in [4.78, 5) is 26.5. The van der Waals surface area contributed by atoms with Crippen LogP contribution in [0.5, 0.6) is 5.75 Å². The van der Waals surface area contributed by atoms with Gasteiger partial charge >= 0.3 is 11.9 Å². The lowest BCUT2D eigenvalue weighted by molar-refractivity contribution is -0.144. The van der Waals surface area contributed by atoms with Crippen LogP contribution in [0, 0.1) is 0 Å². The average molecular weight is 604 g/mol. The summed E-state index contributed by atoms with van der Waals surface area (Å²) in [7, 11) is 0. The van der Waals surface area contributed by atoms with Gasteiger partial charge in [0.2, 0.25) is 0 Å². The van der Waals surface area contributed by atoms with E-state index < -0.39 is 0 Å². The minimum Gasteiger partial charge on any atom is -0.466 e. The zero-order valence-corrected chi connectivity index (χ0v) is 27.9. The molecule has 0 unspecified atom stereocenters. The van der Waals surface area contributed by atoms with E-state index in [4.69, 9.17) is 9.47 Å². The van der Waals surface area contributed by atoms with Gasteiger partial charge in [0.25, 0.3) is 0 Å². The zero-order chi connectivity index (χ0) is 31.2. The second-order valence-corrected chi connectivity index (χ2v) is 12.2. The number of carbonyl (C=O) groups excluding carboxylic acids is 2. The fourth-order valence-electron chi connectivity index (χ4n) is 5.41. The van der Waals surface area contributed by atoms with Crippen LogP contribution in [0.3, 0.4) is 0 Å². The van der Waals surface area contributed by atoms with E-state index in [1.54, 1.807) is 0 Å². The van der Waals surface area contributed by atoms with Crippen LogP contribution in [-0.2, 0) is 20.7 Å². The molecular weight excluding hydrogens is 538 g/mol.